The number of carbonyl (C=O) groups excluding carboxylic acids is 1. The molecular formula is C18H26ClN5O2. The van der Waals surface area contributed by atoms with Gasteiger partial charge >= 0.3 is 0 Å². The number of hydrogen-bond acceptors (Lipinski definition) is 5. The molecule has 7 nitrogen and oxygen atoms in total. The SMILES string of the molecule is COc1ccccc1CNC(=O)CN1CCNCC1c1nccn1C.Cl. The molecule has 1 aliphatic heterocycles. The van der Waals surface area contributed by atoms with E-state index >= 15 is 0 Å². The minimum atomic E-state index is 0. The van der Waals surface area contributed by atoms with Crippen LogP contribution >= 0.6 is 12.4 Å². The molecule has 1 unspecified atom stereocenters. The number of para-hydroxylation sites is 1. The number of nitrogens with one attached hydrogen (secondary N) is 2. The minimum Gasteiger partial charge on any atom is -0.496 e. The third-order valence-corrected chi connectivity index (χ3v) is 4.53. The monoisotopic (exact) mass is 379 g/mol. The van der Waals surface area contributed by atoms with E-state index in [2.05, 4.69) is 20.5 Å². The zero-order valence-corrected chi connectivity index (χ0v) is 16.0. The molecule has 1 fully saturated rings. The maximum Gasteiger partial charge on any atom is 0.234 e. The van der Waals surface area contributed by atoms with Crippen LogP contribution in [0.15, 0.2) is 36.7 Å². The fourth-order valence-electron chi connectivity index (χ4n) is 3.17. The lowest BCUT2D eigenvalue weighted by atomic mass is 10.1. The second-order valence-corrected chi connectivity index (χ2v) is 6.18. The zero-order valence-electron chi connectivity index (χ0n) is 15.1. The summed E-state index contributed by atoms with van der Waals surface area (Å²) in [6, 6.07) is 7.82. The lowest BCUT2D eigenvalue weighted by molar-refractivity contribution is -0.123. The second kappa shape index (κ2) is 9.56. The topological polar surface area (TPSA) is 71.4 Å². The van der Waals surface area contributed by atoms with E-state index in [0.717, 1.165) is 36.8 Å². The molecular weight excluding hydrogens is 354 g/mol. The van der Waals surface area contributed by atoms with Gasteiger partial charge in [0.15, 0.2) is 0 Å². The summed E-state index contributed by atoms with van der Waals surface area (Å²) in [4.78, 5) is 19.1. The molecule has 2 aromatic rings. The first-order valence-corrected chi connectivity index (χ1v) is 8.49. The van der Waals surface area contributed by atoms with Gasteiger partial charge in [0.25, 0.3) is 0 Å². The largest absolute Gasteiger partial charge is 0.496 e. The van der Waals surface area contributed by atoms with Crippen LogP contribution in [0.3, 0.4) is 0 Å². The van der Waals surface area contributed by atoms with E-state index in [1.54, 1.807) is 13.3 Å². The Kier molecular flexibility index (Phi) is 7.44. The molecule has 1 aliphatic rings. The minimum absolute atomic E-state index is 0. The molecule has 1 saturated heterocycles. The molecule has 2 heterocycles. The van der Waals surface area contributed by atoms with Gasteiger partial charge in [-0.15, -0.1) is 12.4 Å². The Balaban J connectivity index is 0.00000243. The molecule has 0 spiro atoms. The van der Waals surface area contributed by atoms with Crippen LogP contribution in [0.1, 0.15) is 17.4 Å². The molecule has 0 aliphatic carbocycles. The van der Waals surface area contributed by atoms with Gasteiger partial charge in [-0.2, -0.15) is 0 Å². The van der Waals surface area contributed by atoms with Gasteiger partial charge in [-0.3, -0.25) is 9.69 Å². The number of imidazole rings is 1. The number of benzene rings is 1. The summed E-state index contributed by atoms with van der Waals surface area (Å²) in [5, 5.41) is 6.38. The second-order valence-electron chi connectivity index (χ2n) is 6.18. The molecule has 0 radical (unpaired) electrons. The summed E-state index contributed by atoms with van der Waals surface area (Å²) in [5.41, 5.74) is 0.972. The number of nitrogens with zero attached hydrogens (tertiary/aromatic N) is 3. The molecule has 0 saturated carbocycles. The number of carbonyl (C=O) groups is 1. The Hall–Kier alpha value is -2.09. The van der Waals surface area contributed by atoms with Gasteiger partial charge in [0, 0.05) is 51.2 Å². The van der Waals surface area contributed by atoms with Crippen LogP contribution in [0.2, 0.25) is 0 Å². The van der Waals surface area contributed by atoms with Crippen molar-refractivity contribution in [3.05, 3.63) is 48.0 Å². The molecule has 26 heavy (non-hydrogen) atoms. The highest BCUT2D eigenvalue weighted by molar-refractivity contribution is 5.85. The van der Waals surface area contributed by atoms with Crippen molar-refractivity contribution in [1.29, 1.82) is 0 Å². The average molecular weight is 380 g/mol. The molecule has 3 rings (SSSR count). The summed E-state index contributed by atoms with van der Waals surface area (Å²) in [5.74, 6) is 1.77. The lowest BCUT2D eigenvalue weighted by Gasteiger charge is -2.35. The molecule has 8 heteroatoms. The molecule has 1 atom stereocenters. The highest BCUT2D eigenvalue weighted by Gasteiger charge is 2.28. The Bertz CT molecular complexity index is 721. The maximum absolute atomic E-state index is 12.4. The third kappa shape index (κ3) is 4.75. The number of rotatable bonds is 6. The first kappa shape index (κ1) is 20.2. The van der Waals surface area contributed by atoms with Gasteiger partial charge in [-0.25, -0.2) is 4.98 Å². The van der Waals surface area contributed by atoms with E-state index in [-0.39, 0.29) is 24.4 Å². The van der Waals surface area contributed by atoms with Crippen LogP contribution in [-0.2, 0) is 18.4 Å². The number of halogens is 1. The molecule has 0 bridgehead atoms. The van der Waals surface area contributed by atoms with Gasteiger partial charge in [-0.1, -0.05) is 18.2 Å². The highest BCUT2D eigenvalue weighted by Crippen LogP contribution is 2.20. The Morgan fingerprint density at radius 2 is 2.23 bits per heavy atom. The van der Waals surface area contributed by atoms with Gasteiger partial charge in [0.2, 0.25) is 5.91 Å². The summed E-state index contributed by atoms with van der Waals surface area (Å²) in [7, 11) is 3.62. The van der Waals surface area contributed by atoms with Crippen molar-refractivity contribution in [2.45, 2.75) is 12.6 Å². The van der Waals surface area contributed by atoms with Gasteiger partial charge in [0.05, 0.1) is 19.7 Å². The van der Waals surface area contributed by atoms with Gasteiger partial charge in [0.1, 0.15) is 11.6 Å². The molecule has 2 N–H and O–H groups in total. The quantitative estimate of drug-likeness (QED) is 0.786. The maximum atomic E-state index is 12.4. The predicted molar refractivity (Wildman–Crippen MR) is 102 cm³/mol. The zero-order chi connectivity index (χ0) is 17.6. The number of ether oxygens (including phenoxy) is 1. The van der Waals surface area contributed by atoms with E-state index in [9.17, 15) is 4.79 Å². The molecule has 1 aromatic heterocycles. The highest BCUT2D eigenvalue weighted by atomic mass is 35.5. The van der Waals surface area contributed by atoms with E-state index in [1.165, 1.54) is 0 Å². The van der Waals surface area contributed by atoms with Crippen LogP contribution in [0.25, 0.3) is 0 Å². The van der Waals surface area contributed by atoms with Crippen LogP contribution in [0.4, 0.5) is 0 Å². The smallest absolute Gasteiger partial charge is 0.234 e. The predicted octanol–water partition coefficient (Wildman–Crippen LogP) is 1.11. The van der Waals surface area contributed by atoms with Crippen LogP contribution < -0.4 is 15.4 Å². The van der Waals surface area contributed by atoms with E-state index in [4.69, 9.17) is 4.74 Å². The van der Waals surface area contributed by atoms with Crippen molar-refractivity contribution in [3.63, 3.8) is 0 Å². The van der Waals surface area contributed by atoms with E-state index in [0.29, 0.717) is 13.1 Å². The number of piperazine rings is 1. The number of amides is 1. The van der Waals surface area contributed by atoms with Crippen LogP contribution in [0, 0.1) is 0 Å². The number of aryl methyl sites for hydroxylation is 1. The standard InChI is InChI=1S/C18H25N5O2.ClH/c1-22-9-8-20-18(22)15-12-19-7-10-23(15)13-17(24)21-11-14-5-3-4-6-16(14)25-2;/h3-6,8-9,15,19H,7,10-13H2,1-2H3,(H,21,24);1H. The van der Waals surface area contributed by atoms with Crippen molar-refractivity contribution in [2.24, 2.45) is 7.05 Å². The normalized spacial score (nSPS) is 17.4. The van der Waals surface area contributed by atoms with Crippen molar-refractivity contribution in [1.82, 2.24) is 25.1 Å². The van der Waals surface area contributed by atoms with Crippen molar-refractivity contribution in [2.75, 3.05) is 33.3 Å². The van der Waals surface area contributed by atoms with Crippen molar-refractivity contribution >= 4 is 18.3 Å². The Labute approximate surface area is 160 Å². The van der Waals surface area contributed by atoms with Crippen LogP contribution in [-0.4, -0.2) is 53.6 Å². The lowest BCUT2D eigenvalue weighted by Crippen LogP contribution is -2.50. The number of methoxy groups -OCH3 is 1. The van der Waals surface area contributed by atoms with Crippen LogP contribution in [0.5, 0.6) is 5.75 Å². The van der Waals surface area contributed by atoms with E-state index < -0.39 is 0 Å². The Morgan fingerprint density at radius 1 is 1.42 bits per heavy atom. The molecule has 1 aromatic carbocycles. The van der Waals surface area contributed by atoms with Crippen molar-refractivity contribution < 1.29 is 9.53 Å². The molecule has 142 valence electrons. The van der Waals surface area contributed by atoms with E-state index in [1.807, 2.05) is 42.1 Å². The summed E-state index contributed by atoms with van der Waals surface area (Å²) in [6.07, 6.45) is 3.73. The van der Waals surface area contributed by atoms with Gasteiger partial charge in [-0.05, 0) is 6.07 Å². The first-order valence-electron chi connectivity index (χ1n) is 8.49. The fraction of sp³-hybridized carbons (Fsp3) is 0.444. The summed E-state index contributed by atoms with van der Waals surface area (Å²) in [6.45, 7) is 3.31. The average Bonchev–Trinajstić information content (AvgIpc) is 3.06. The fourth-order valence-corrected chi connectivity index (χ4v) is 3.17. The molecule has 1 amide bonds. The first-order chi connectivity index (χ1) is 12.2. The Morgan fingerprint density at radius 3 is 2.96 bits per heavy atom. The number of aromatic nitrogens is 2. The summed E-state index contributed by atoms with van der Waals surface area (Å²) < 4.78 is 7.34. The van der Waals surface area contributed by atoms with Crippen molar-refractivity contribution in [3.8, 4) is 5.75 Å². The third-order valence-electron chi connectivity index (χ3n) is 4.53. The number of hydrogen-bond donors (Lipinski definition) is 2. The summed E-state index contributed by atoms with van der Waals surface area (Å²) >= 11 is 0. The van der Waals surface area contributed by atoms with Gasteiger partial charge < -0.3 is 19.9 Å².